The summed E-state index contributed by atoms with van der Waals surface area (Å²) < 4.78 is 11.8. The van der Waals surface area contributed by atoms with E-state index >= 15 is 0 Å². The average molecular weight is 447 g/mol. The summed E-state index contributed by atoms with van der Waals surface area (Å²) in [4.78, 5) is 15.5. The fourth-order valence-corrected chi connectivity index (χ4v) is 3.65. The highest BCUT2D eigenvalue weighted by Crippen LogP contribution is 2.28. The molecule has 1 N–H and O–H groups in total. The highest BCUT2D eigenvalue weighted by molar-refractivity contribution is 5.67. The summed E-state index contributed by atoms with van der Waals surface area (Å²) in [6.07, 6.45) is 1.70. The van der Waals surface area contributed by atoms with Gasteiger partial charge in [-0.25, -0.2) is 4.98 Å². The monoisotopic (exact) mass is 447 g/mol. The Bertz CT molecular complexity index is 1170. The van der Waals surface area contributed by atoms with Crippen LogP contribution in [0.2, 0.25) is 0 Å². The van der Waals surface area contributed by atoms with Gasteiger partial charge in [0.2, 0.25) is 12.1 Å². The Labute approximate surface area is 191 Å². The smallest absolute Gasteiger partial charge is 0.303 e. The first kappa shape index (κ1) is 22.3. The van der Waals surface area contributed by atoms with Crippen molar-refractivity contribution in [3.8, 4) is 17.2 Å². The lowest BCUT2D eigenvalue weighted by atomic mass is 10.0. The minimum absolute atomic E-state index is 0.126. The van der Waals surface area contributed by atoms with E-state index in [4.69, 9.17) is 14.3 Å². The number of ether oxygens (including phenoxy) is 1. The Morgan fingerprint density at radius 2 is 1.82 bits per heavy atom. The minimum Gasteiger partial charge on any atom is -0.493 e. The number of hydrogen-bond donors (Lipinski definition) is 1. The maximum absolute atomic E-state index is 10.9. The zero-order chi connectivity index (χ0) is 23.2. The molecule has 9 nitrogen and oxygen atoms in total. The second-order valence-electron chi connectivity index (χ2n) is 7.70. The van der Waals surface area contributed by atoms with Gasteiger partial charge in [-0.3, -0.25) is 4.79 Å². The van der Waals surface area contributed by atoms with E-state index < -0.39 is 5.97 Å². The Hall–Kier alpha value is -3.88. The highest BCUT2D eigenvalue weighted by atomic mass is 16.5. The molecule has 33 heavy (non-hydrogen) atoms. The third-order valence-electron chi connectivity index (χ3n) is 5.48. The lowest BCUT2D eigenvalue weighted by Gasteiger charge is -2.11. The first-order valence-electron chi connectivity index (χ1n) is 10.9. The fourth-order valence-electron chi connectivity index (χ4n) is 3.65. The quantitative estimate of drug-likeness (QED) is 0.428. The van der Waals surface area contributed by atoms with Gasteiger partial charge in [0.1, 0.15) is 11.5 Å². The van der Waals surface area contributed by atoms with E-state index in [2.05, 4.69) is 32.6 Å². The van der Waals surface area contributed by atoms with Crippen molar-refractivity contribution < 1.29 is 19.1 Å². The van der Waals surface area contributed by atoms with Crippen LogP contribution in [-0.4, -0.2) is 22.7 Å². The molecule has 1 aliphatic heterocycles. The van der Waals surface area contributed by atoms with Crippen LogP contribution >= 0.6 is 0 Å². The summed E-state index contributed by atoms with van der Waals surface area (Å²) in [6, 6.07) is 13.5. The second kappa shape index (κ2) is 10.2. The predicted octanol–water partition coefficient (Wildman–Crippen LogP) is 5.68. The molecule has 4 rings (SSSR count). The zero-order valence-corrected chi connectivity index (χ0v) is 18.6. The van der Waals surface area contributed by atoms with E-state index in [0.29, 0.717) is 25.3 Å². The molecule has 0 bridgehead atoms. The molecule has 0 atom stereocenters. The van der Waals surface area contributed by atoms with Gasteiger partial charge in [0.25, 0.3) is 0 Å². The third-order valence-corrected chi connectivity index (χ3v) is 5.48. The number of nitrogens with zero attached hydrogens (tertiary/aromatic N) is 5. The number of rotatable bonds is 10. The number of carbonyl (C=O) groups is 1. The van der Waals surface area contributed by atoms with Crippen molar-refractivity contribution in [2.45, 2.75) is 45.7 Å². The molecule has 0 unspecified atom stereocenters. The van der Waals surface area contributed by atoms with Crippen molar-refractivity contribution in [3.05, 3.63) is 70.6 Å². The summed E-state index contributed by atoms with van der Waals surface area (Å²) >= 11 is 0. The van der Waals surface area contributed by atoms with Crippen LogP contribution in [0, 0.1) is 6.92 Å². The van der Waals surface area contributed by atoms with Gasteiger partial charge in [0.15, 0.2) is 0 Å². The highest BCUT2D eigenvalue weighted by Gasteiger charge is 2.15. The molecule has 3 aromatic rings. The van der Waals surface area contributed by atoms with Gasteiger partial charge in [-0.05, 0) is 65.6 Å². The molecular formula is C24H25N5O4. The van der Waals surface area contributed by atoms with Gasteiger partial charge in [0, 0.05) is 24.0 Å². The molecular weight excluding hydrogens is 422 g/mol. The number of aromatic nitrogens is 1. The van der Waals surface area contributed by atoms with Crippen molar-refractivity contribution in [2.24, 2.45) is 20.7 Å². The summed E-state index contributed by atoms with van der Waals surface area (Å²) in [5, 5.41) is 23.9. The first-order chi connectivity index (χ1) is 16.0. The van der Waals surface area contributed by atoms with Crippen molar-refractivity contribution in [1.82, 2.24) is 4.98 Å². The zero-order valence-electron chi connectivity index (χ0n) is 18.6. The normalized spacial score (nSPS) is 13.0. The lowest BCUT2D eigenvalue weighted by Crippen LogP contribution is -2.04. The molecule has 1 aliphatic rings. The molecule has 0 radical (unpaired) electrons. The van der Waals surface area contributed by atoms with Crippen molar-refractivity contribution in [2.75, 3.05) is 6.61 Å². The van der Waals surface area contributed by atoms with Crippen LogP contribution < -0.4 is 4.74 Å². The van der Waals surface area contributed by atoms with Crippen LogP contribution in [0.4, 0.5) is 0 Å². The number of aryl methyl sites for hydroxylation is 3. The molecule has 0 amide bonds. The van der Waals surface area contributed by atoms with E-state index in [1.165, 1.54) is 0 Å². The molecule has 0 saturated heterocycles. The van der Waals surface area contributed by atoms with Gasteiger partial charge in [-0.2, -0.15) is 0 Å². The molecule has 170 valence electrons. The SMILES string of the molecule is CCc1cc(OCCc2nc(-c3ccc(C4N=NN=N4)cc3)oc2C)ccc1CCC(=O)O. The molecule has 2 heterocycles. The Balaban J connectivity index is 1.36. The number of carboxylic acid groups (broad SMARTS) is 1. The van der Waals surface area contributed by atoms with E-state index in [9.17, 15) is 4.79 Å². The summed E-state index contributed by atoms with van der Waals surface area (Å²) in [5.74, 6) is 1.29. The maximum atomic E-state index is 10.9. The summed E-state index contributed by atoms with van der Waals surface area (Å²) in [6.45, 7) is 4.41. The van der Waals surface area contributed by atoms with Gasteiger partial charge in [-0.1, -0.05) is 25.1 Å². The molecule has 1 aromatic heterocycles. The molecule has 0 aliphatic carbocycles. The fraction of sp³-hybridized carbons (Fsp3) is 0.333. The summed E-state index contributed by atoms with van der Waals surface area (Å²) in [7, 11) is 0. The van der Waals surface area contributed by atoms with E-state index in [-0.39, 0.29) is 12.6 Å². The number of aliphatic carboxylic acids is 1. The van der Waals surface area contributed by atoms with Gasteiger partial charge >= 0.3 is 5.97 Å². The lowest BCUT2D eigenvalue weighted by molar-refractivity contribution is -0.136. The van der Waals surface area contributed by atoms with E-state index in [0.717, 1.165) is 45.9 Å². The molecule has 2 aromatic carbocycles. The summed E-state index contributed by atoms with van der Waals surface area (Å²) in [5.41, 5.74) is 4.78. The van der Waals surface area contributed by atoms with Crippen LogP contribution in [0.15, 0.2) is 67.6 Å². The number of benzene rings is 2. The Morgan fingerprint density at radius 3 is 2.52 bits per heavy atom. The van der Waals surface area contributed by atoms with Gasteiger partial charge in [0.05, 0.1) is 12.3 Å². The topological polar surface area (TPSA) is 122 Å². The molecule has 0 spiro atoms. The minimum atomic E-state index is -0.789. The average Bonchev–Trinajstić information content (AvgIpc) is 3.48. The molecule has 0 saturated carbocycles. The van der Waals surface area contributed by atoms with Crippen molar-refractivity contribution in [1.29, 1.82) is 0 Å². The van der Waals surface area contributed by atoms with Crippen LogP contribution in [0.5, 0.6) is 5.75 Å². The van der Waals surface area contributed by atoms with Crippen LogP contribution in [0.3, 0.4) is 0 Å². The van der Waals surface area contributed by atoms with Crippen molar-refractivity contribution in [3.63, 3.8) is 0 Å². The standard InChI is InChI=1S/C24H25N5O4/c1-3-16-14-20(10-8-17(16)9-11-22(30)31)32-13-12-21-15(2)33-24(25-21)19-6-4-18(5-7-19)23-26-28-29-27-23/h4-8,10,14,23H,3,9,11-13H2,1-2H3,(H,30,31). The van der Waals surface area contributed by atoms with Crippen molar-refractivity contribution >= 4 is 5.97 Å². The first-order valence-corrected chi connectivity index (χ1v) is 10.9. The predicted molar refractivity (Wildman–Crippen MR) is 120 cm³/mol. The van der Waals surface area contributed by atoms with E-state index in [1.54, 1.807) is 0 Å². The Kier molecular flexibility index (Phi) is 6.87. The number of hydrogen-bond acceptors (Lipinski definition) is 8. The van der Waals surface area contributed by atoms with Gasteiger partial charge in [-0.15, -0.1) is 10.2 Å². The van der Waals surface area contributed by atoms with Crippen LogP contribution in [0.1, 0.15) is 47.7 Å². The molecule has 9 heteroatoms. The Morgan fingerprint density at radius 1 is 1.06 bits per heavy atom. The number of oxazole rings is 1. The number of carboxylic acids is 1. The van der Waals surface area contributed by atoms with Gasteiger partial charge < -0.3 is 14.3 Å². The second-order valence-corrected chi connectivity index (χ2v) is 7.70. The largest absolute Gasteiger partial charge is 0.493 e. The molecule has 0 fully saturated rings. The van der Waals surface area contributed by atoms with Crippen LogP contribution in [0.25, 0.3) is 11.5 Å². The maximum Gasteiger partial charge on any atom is 0.303 e. The third kappa shape index (κ3) is 5.49. The van der Waals surface area contributed by atoms with E-state index in [1.807, 2.05) is 49.4 Å². The van der Waals surface area contributed by atoms with Crippen LogP contribution in [-0.2, 0) is 24.1 Å².